The highest BCUT2D eigenvalue weighted by Crippen LogP contribution is 2.27. The molecule has 0 aliphatic carbocycles. The molecule has 0 aromatic heterocycles. The van der Waals surface area contributed by atoms with E-state index in [4.69, 9.17) is 0 Å². The lowest BCUT2D eigenvalue weighted by atomic mass is 9.84. The van der Waals surface area contributed by atoms with E-state index >= 15 is 0 Å². The van der Waals surface area contributed by atoms with E-state index in [9.17, 15) is 19.2 Å². The maximum Gasteiger partial charge on any atom is 0.249 e. The number of nitrogens with zero attached hydrogens (tertiary/aromatic N) is 4. The molecule has 0 radical (unpaired) electrons. The maximum atomic E-state index is 14.1. The van der Waals surface area contributed by atoms with Crippen molar-refractivity contribution in [2.75, 3.05) is 33.7 Å². The van der Waals surface area contributed by atoms with E-state index in [0.29, 0.717) is 25.1 Å². The third kappa shape index (κ3) is 9.53. The molecule has 4 amide bonds. The highest BCUT2D eigenvalue weighted by atomic mass is 16.2. The van der Waals surface area contributed by atoms with Gasteiger partial charge in [0.25, 0.3) is 0 Å². The number of nitrogens with one attached hydrogen (secondary N) is 1. The maximum absolute atomic E-state index is 14.1. The van der Waals surface area contributed by atoms with Gasteiger partial charge in [0.1, 0.15) is 12.1 Å². The molecular weight excluding hydrogens is 542 g/mol. The van der Waals surface area contributed by atoms with Crippen LogP contribution in [0.5, 0.6) is 0 Å². The third-order valence-electron chi connectivity index (χ3n) is 9.17. The molecule has 2 saturated heterocycles. The van der Waals surface area contributed by atoms with E-state index in [1.54, 1.807) is 28.7 Å². The van der Waals surface area contributed by atoms with Crippen molar-refractivity contribution in [3.05, 3.63) is 11.6 Å². The predicted molar refractivity (Wildman–Crippen MR) is 173 cm³/mol. The first-order valence-electron chi connectivity index (χ1n) is 16.6. The fourth-order valence-corrected chi connectivity index (χ4v) is 6.42. The molecule has 2 heterocycles. The van der Waals surface area contributed by atoms with E-state index < -0.39 is 17.5 Å². The summed E-state index contributed by atoms with van der Waals surface area (Å²) in [6, 6.07) is -1.51. The Hall–Kier alpha value is -2.42. The van der Waals surface area contributed by atoms with Crippen molar-refractivity contribution in [1.82, 2.24) is 24.9 Å². The lowest BCUT2D eigenvalue weighted by Gasteiger charge is -2.41. The van der Waals surface area contributed by atoms with Crippen LogP contribution in [0.15, 0.2) is 11.6 Å². The van der Waals surface area contributed by atoms with Crippen molar-refractivity contribution in [3.63, 3.8) is 0 Å². The van der Waals surface area contributed by atoms with E-state index in [0.717, 1.165) is 45.1 Å². The topological polar surface area (TPSA) is 93.3 Å². The number of carbonyl (C=O) groups is 4. The van der Waals surface area contributed by atoms with Gasteiger partial charge in [-0.3, -0.25) is 24.1 Å². The van der Waals surface area contributed by atoms with Crippen molar-refractivity contribution in [2.45, 2.75) is 137 Å². The fourth-order valence-electron chi connectivity index (χ4n) is 6.42. The first-order chi connectivity index (χ1) is 20.0. The van der Waals surface area contributed by atoms with Gasteiger partial charge in [0, 0.05) is 38.8 Å². The number of piperidine rings is 1. The van der Waals surface area contributed by atoms with E-state index in [-0.39, 0.29) is 47.7 Å². The van der Waals surface area contributed by atoms with Crippen LogP contribution in [0.2, 0.25) is 0 Å². The number of likely N-dealkylation sites (tertiary alicyclic amines) is 2. The van der Waals surface area contributed by atoms with Crippen molar-refractivity contribution in [1.29, 1.82) is 0 Å². The van der Waals surface area contributed by atoms with E-state index in [1.165, 1.54) is 0 Å². The molecule has 9 nitrogen and oxygen atoms in total. The van der Waals surface area contributed by atoms with Crippen LogP contribution >= 0.6 is 0 Å². The molecule has 2 aliphatic rings. The predicted octanol–water partition coefficient (Wildman–Crippen LogP) is 4.46. The van der Waals surface area contributed by atoms with Crippen LogP contribution in [0.25, 0.3) is 0 Å². The number of rotatable bonds is 12. The largest absolute Gasteiger partial charge is 0.344 e. The van der Waals surface area contributed by atoms with Crippen LogP contribution in [0.4, 0.5) is 0 Å². The molecule has 0 spiro atoms. The quantitative estimate of drug-likeness (QED) is 0.333. The van der Waals surface area contributed by atoms with Gasteiger partial charge in [0.2, 0.25) is 23.6 Å². The fraction of sp³-hybridized carbons (Fsp3) is 0.824. The summed E-state index contributed by atoms with van der Waals surface area (Å²) in [4.78, 5) is 61.9. The molecule has 43 heavy (non-hydrogen) atoms. The Labute approximate surface area is 261 Å². The molecule has 2 rings (SSSR count). The first kappa shape index (κ1) is 36.8. The number of amides is 4. The van der Waals surface area contributed by atoms with Gasteiger partial charge in [-0.2, -0.15) is 0 Å². The monoisotopic (exact) mass is 603 g/mol. The van der Waals surface area contributed by atoms with Gasteiger partial charge in [-0.25, -0.2) is 0 Å². The molecule has 0 aromatic rings. The molecule has 3 unspecified atom stereocenters. The standard InChI is InChI=1S/C34H61N5O4/c1-12-13-19-36(10)32(42)27-18-16-21-39(27)31(41)25(6)22-28(23(2)3)37(11)33(43)29(34(7,8)9)35-30(40)26-17-14-15-20-38(26)24(4)5/h22-24,26-29H,12-21H2,1-11H3,(H,35,40)/b25-22+/t26?,27?,28-,29?/m1/s1. The van der Waals surface area contributed by atoms with Crippen LogP contribution in [0, 0.1) is 11.3 Å². The second kappa shape index (κ2) is 16.1. The van der Waals surface area contributed by atoms with Gasteiger partial charge in [0.15, 0.2) is 0 Å². The van der Waals surface area contributed by atoms with Gasteiger partial charge in [0.05, 0.1) is 12.1 Å². The van der Waals surface area contributed by atoms with Crippen LogP contribution in [0.3, 0.4) is 0 Å². The summed E-state index contributed by atoms with van der Waals surface area (Å²) in [7, 11) is 3.58. The molecule has 1 N–H and O–H groups in total. The Kier molecular flexibility index (Phi) is 13.7. The summed E-state index contributed by atoms with van der Waals surface area (Å²) < 4.78 is 0. The van der Waals surface area contributed by atoms with Crippen LogP contribution < -0.4 is 5.32 Å². The molecule has 0 saturated carbocycles. The normalized spacial score (nSPS) is 21.6. The van der Waals surface area contributed by atoms with Gasteiger partial charge in [-0.1, -0.05) is 60.5 Å². The first-order valence-corrected chi connectivity index (χ1v) is 16.6. The Morgan fingerprint density at radius 3 is 2.14 bits per heavy atom. The molecule has 9 heteroatoms. The van der Waals surface area contributed by atoms with Crippen LogP contribution in [0.1, 0.15) is 107 Å². The number of hydrogen-bond acceptors (Lipinski definition) is 5. The lowest BCUT2D eigenvalue weighted by Crippen LogP contribution is -2.60. The summed E-state index contributed by atoms with van der Waals surface area (Å²) in [6.45, 7) is 20.2. The second-order valence-corrected chi connectivity index (χ2v) is 14.5. The summed E-state index contributed by atoms with van der Waals surface area (Å²) in [5.74, 6) is -0.393. The molecule has 2 fully saturated rings. The summed E-state index contributed by atoms with van der Waals surface area (Å²) >= 11 is 0. The number of likely N-dealkylation sites (N-methyl/N-ethyl adjacent to an activating group) is 2. The van der Waals surface area contributed by atoms with E-state index in [1.807, 2.05) is 47.7 Å². The van der Waals surface area contributed by atoms with Crippen molar-refractivity contribution < 1.29 is 19.2 Å². The average Bonchev–Trinajstić information content (AvgIpc) is 3.44. The summed E-state index contributed by atoms with van der Waals surface area (Å²) in [5, 5.41) is 3.14. The molecule has 246 valence electrons. The van der Waals surface area contributed by atoms with Crippen molar-refractivity contribution in [3.8, 4) is 0 Å². The van der Waals surface area contributed by atoms with Gasteiger partial charge >= 0.3 is 0 Å². The zero-order valence-electron chi connectivity index (χ0n) is 29.0. The lowest BCUT2D eigenvalue weighted by molar-refractivity contribution is -0.142. The van der Waals surface area contributed by atoms with Gasteiger partial charge in [-0.05, 0) is 70.8 Å². The molecule has 0 bridgehead atoms. The Morgan fingerprint density at radius 1 is 0.953 bits per heavy atom. The highest BCUT2D eigenvalue weighted by molar-refractivity contribution is 5.97. The summed E-state index contributed by atoms with van der Waals surface area (Å²) in [6.07, 6.45) is 8.15. The molecular formula is C34H61N5O4. The van der Waals surface area contributed by atoms with Crippen LogP contribution in [-0.4, -0.2) is 107 Å². The van der Waals surface area contributed by atoms with Crippen LogP contribution in [-0.2, 0) is 19.2 Å². The number of hydrogen-bond donors (Lipinski definition) is 1. The molecule has 0 aromatic carbocycles. The van der Waals surface area contributed by atoms with E-state index in [2.05, 4.69) is 31.0 Å². The van der Waals surface area contributed by atoms with Gasteiger partial charge < -0.3 is 20.0 Å². The summed E-state index contributed by atoms with van der Waals surface area (Å²) in [5.41, 5.74) is 0.0156. The highest BCUT2D eigenvalue weighted by Gasteiger charge is 2.40. The Bertz CT molecular complexity index is 1000. The zero-order valence-corrected chi connectivity index (χ0v) is 29.0. The molecule has 2 aliphatic heterocycles. The smallest absolute Gasteiger partial charge is 0.249 e. The number of carbonyl (C=O) groups excluding carboxylic acids is 4. The Balaban J connectivity index is 2.26. The minimum atomic E-state index is -0.717. The Morgan fingerprint density at radius 2 is 1.58 bits per heavy atom. The zero-order chi connectivity index (χ0) is 32.6. The SMILES string of the molecule is CCCCN(C)C(=O)C1CCCN1C(=O)/C(C)=C/[C@H](C(C)C)N(C)C(=O)C(NC(=O)C1CCCCN1C(C)C)C(C)(C)C. The van der Waals surface area contributed by atoms with Gasteiger partial charge in [-0.15, -0.1) is 0 Å². The van der Waals surface area contributed by atoms with Crippen molar-refractivity contribution >= 4 is 23.6 Å². The third-order valence-corrected chi connectivity index (χ3v) is 9.17. The molecule has 4 atom stereocenters. The minimum Gasteiger partial charge on any atom is -0.344 e. The second-order valence-electron chi connectivity index (χ2n) is 14.5. The number of unbranched alkanes of at least 4 members (excludes halogenated alkanes) is 1. The minimum absolute atomic E-state index is 0.00226. The average molecular weight is 604 g/mol. The van der Waals surface area contributed by atoms with Crippen molar-refractivity contribution in [2.24, 2.45) is 11.3 Å².